The molecule has 0 radical (unpaired) electrons. The molecule has 0 aliphatic rings. The highest BCUT2D eigenvalue weighted by atomic mass is 32.2. The van der Waals surface area contributed by atoms with E-state index in [0.29, 0.717) is 11.6 Å². The molecule has 1 aromatic carbocycles. The number of imidazole rings is 1. The molecule has 25 heavy (non-hydrogen) atoms. The lowest BCUT2D eigenvalue weighted by Gasteiger charge is -2.08. The topological polar surface area (TPSA) is 102 Å². The monoisotopic (exact) mass is 358 g/mol. The summed E-state index contributed by atoms with van der Waals surface area (Å²) in [6.07, 6.45) is 4.55. The van der Waals surface area contributed by atoms with Gasteiger partial charge in [0.2, 0.25) is 16.0 Å². The van der Waals surface area contributed by atoms with Gasteiger partial charge in [-0.25, -0.2) is 23.4 Å². The van der Waals surface area contributed by atoms with E-state index in [4.69, 9.17) is 0 Å². The van der Waals surface area contributed by atoms with Gasteiger partial charge in [-0.1, -0.05) is 0 Å². The van der Waals surface area contributed by atoms with Crippen LogP contribution in [0.1, 0.15) is 5.82 Å². The Hall–Kier alpha value is -2.94. The third-order valence-corrected chi connectivity index (χ3v) is 4.19. The Bertz CT molecular complexity index is 996. The Labute approximate surface area is 146 Å². The van der Waals surface area contributed by atoms with Crippen LogP contribution < -0.4 is 10.0 Å². The van der Waals surface area contributed by atoms with Gasteiger partial charge < -0.3 is 9.88 Å². The van der Waals surface area contributed by atoms with Crippen molar-refractivity contribution >= 4 is 27.3 Å². The highest BCUT2D eigenvalue weighted by molar-refractivity contribution is 7.92. The minimum Gasteiger partial charge on any atom is -0.330 e. The number of rotatable bonds is 5. The summed E-state index contributed by atoms with van der Waals surface area (Å²) >= 11 is 0. The number of benzene rings is 1. The van der Waals surface area contributed by atoms with Crippen LogP contribution in [0.15, 0.2) is 42.7 Å². The first-order valence-corrected chi connectivity index (χ1v) is 9.37. The van der Waals surface area contributed by atoms with Crippen molar-refractivity contribution in [2.24, 2.45) is 7.05 Å². The number of aryl methyl sites for hydroxylation is 1. The lowest BCUT2D eigenvalue weighted by Crippen LogP contribution is -2.09. The molecular weight excluding hydrogens is 340 g/mol. The van der Waals surface area contributed by atoms with E-state index >= 15 is 0 Å². The fourth-order valence-electron chi connectivity index (χ4n) is 2.27. The number of nitrogens with one attached hydrogen (secondary N) is 2. The molecule has 0 amide bonds. The van der Waals surface area contributed by atoms with E-state index in [-0.39, 0.29) is 0 Å². The Morgan fingerprint density at radius 2 is 1.72 bits per heavy atom. The van der Waals surface area contributed by atoms with E-state index in [2.05, 4.69) is 25.0 Å². The van der Waals surface area contributed by atoms with Crippen LogP contribution in [-0.2, 0) is 17.1 Å². The third kappa shape index (κ3) is 4.13. The Kier molecular flexibility index (Phi) is 4.41. The summed E-state index contributed by atoms with van der Waals surface area (Å²) < 4.78 is 26.8. The van der Waals surface area contributed by atoms with Crippen LogP contribution in [0.2, 0.25) is 0 Å². The fourth-order valence-corrected chi connectivity index (χ4v) is 2.83. The number of sulfonamides is 1. The van der Waals surface area contributed by atoms with E-state index in [9.17, 15) is 8.42 Å². The zero-order valence-electron chi connectivity index (χ0n) is 14.1. The van der Waals surface area contributed by atoms with Gasteiger partial charge >= 0.3 is 0 Å². The van der Waals surface area contributed by atoms with Crippen molar-refractivity contribution in [2.75, 3.05) is 16.3 Å². The van der Waals surface area contributed by atoms with Gasteiger partial charge in [-0.05, 0) is 37.3 Å². The second-order valence-corrected chi connectivity index (χ2v) is 7.34. The third-order valence-electron chi connectivity index (χ3n) is 3.58. The Balaban J connectivity index is 1.79. The smallest absolute Gasteiger partial charge is 0.229 e. The van der Waals surface area contributed by atoms with Crippen molar-refractivity contribution in [3.63, 3.8) is 0 Å². The summed E-state index contributed by atoms with van der Waals surface area (Å²) in [5.74, 6) is 1.34. The molecule has 3 rings (SSSR count). The SMILES string of the molecule is Cc1ncc(-c2ccnc(Nc3ccc(NS(C)(=O)=O)cc3)n2)n1C. The lowest BCUT2D eigenvalue weighted by molar-refractivity contribution is 0.607. The van der Waals surface area contributed by atoms with Gasteiger partial charge in [-0.3, -0.25) is 4.72 Å². The van der Waals surface area contributed by atoms with Crippen molar-refractivity contribution in [2.45, 2.75) is 6.92 Å². The Morgan fingerprint density at radius 1 is 1.04 bits per heavy atom. The molecule has 2 aromatic heterocycles. The van der Waals surface area contributed by atoms with Gasteiger partial charge in [0.15, 0.2) is 0 Å². The second-order valence-electron chi connectivity index (χ2n) is 5.59. The fraction of sp³-hybridized carbons (Fsp3) is 0.188. The number of aromatic nitrogens is 4. The molecule has 0 bridgehead atoms. The van der Waals surface area contributed by atoms with E-state index in [1.807, 2.05) is 24.6 Å². The van der Waals surface area contributed by atoms with Crippen LogP contribution in [0.25, 0.3) is 11.4 Å². The van der Waals surface area contributed by atoms with E-state index in [0.717, 1.165) is 29.2 Å². The summed E-state index contributed by atoms with van der Waals surface area (Å²) in [6, 6.07) is 8.64. The van der Waals surface area contributed by atoms with Crippen LogP contribution in [0, 0.1) is 6.92 Å². The zero-order chi connectivity index (χ0) is 18.0. The van der Waals surface area contributed by atoms with Crippen molar-refractivity contribution in [1.82, 2.24) is 19.5 Å². The minimum absolute atomic E-state index is 0.445. The first-order valence-electron chi connectivity index (χ1n) is 7.48. The molecule has 0 atom stereocenters. The van der Waals surface area contributed by atoms with Crippen LogP contribution in [0.5, 0.6) is 0 Å². The van der Waals surface area contributed by atoms with Gasteiger partial charge in [-0.2, -0.15) is 0 Å². The molecule has 0 fully saturated rings. The maximum absolute atomic E-state index is 11.2. The van der Waals surface area contributed by atoms with Crippen molar-refractivity contribution in [1.29, 1.82) is 0 Å². The molecule has 0 saturated heterocycles. The average Bonchev–Trinajstić information content (AvgIpc) is 2.88. The maximum atomic E-state index is 11.2. The quantitative estimate of drug-likeness (QED) is 0.726. The molecule has 130 valence electrons. The van der Waals surface area contributed by atoms with Crippen molar-refractivity contribution < 1.29 is 8.42 Å². The molecule has 9 heteroatoms. The highest BCUT2D eigenvalue weighted by Gasteiger charge is 2.08. The summed E-state index contributed by atoms with van der Waals surface area (Å²) in [5, 5.41) is 3.10. The number of hydrogen-bond donors (Lipinski definition) is 2. The first-order chi connectivity index (χ1) is 11.8. The molecule has 2 heterocycles. The van der Waals surface area contributed by atoms with Crippen LogP contribution in [0.4, 0.5) is 17.3 Å². The van der Waals surface area contributed by atoms with Crippen molar-refractivity contribution in [3.05, 3.63) is 48.5 Å². The van der Waals surface area contributed by atoms with Crippen molar-refractivity contribution in [3.8, 4) is 11.4 Å². The van der Waals surface area contributed by atoms with Crippen LogP contribution in [0.3, 0.4) is 0 Å². The standard InChI is InChI=1S/C16H18N6O2S/c1-11-18-10-15(22(11)2)14-8-9-17-16(20-14)19-12-4-6-13(7-5-12)21-25(3,23)24/h4-10,21H,1-3H3,(H,17,19,20). The molecule has 3 aromatic rings. The molecule has 0 aliphatic carbocycles. The highest BCUT2D eigenvalue weighted by Crippen LogP contribution is 2.21. The maximum Gasteiger partial charge on any atom is 0.229 e. The lowest BCUT2D eigenvalue weighted by atomic mass is 10.3. The molecule has 2 N–H and O–H groups in total. The molecule has 0 unspecified atom stereocenters. The second kappa shape index (κ2) is 6.52. The average molecular weight is 358 g/mol. The predicted octanol–water partition coefficient (Wildman–Crippen LogP) is 2.30. The number of anilines is 3. The molecule has 0 spiro atoms. The summed E-state index contributed by atoms with van der Waals surface area (Å²) in [5.41, 5.74) is 2.90. The number of hydrogen-bond acceptors (Lipinski definition) is 6. The first kappa shape index (κ1) is 16.9. The molecular formula is C16H18N6O2S. The predicted molar refractivity (Wildman–Crippen MR) is 97.2 cm³/mol. The summed E-state index contributed by atoms with van der Waals surface area (Å²) in [7, 11) is -1.36. The minimum atomic E-state index is -3.29. The van der Waals surface area contributed by atoms with Gasteiger partial charge in [-0.15, -0.1) is 0 Å². The molecule has 0 aliphatic heterocycles. The number of nitrogens with zero attached hydrogens (tertiary/aromatic N) is 4. The van der Waals surface area contributed by atoms with Gasteiger partial charge in [0, 0.05) is 24.6 Å². The van der Waals surface area contributed by atoms with E-state index in [1.54, 1.807) is 36.7 Å². The largest absolute Gasteiger partial charge is 0.330 e. The van der Waals surface area contributed by atoms with Crippen LogP contribution in [-0.4, -0.2) is 34.2 Å². The molecule has 8 nitrogen and oxygen atoms in total. The summed E-state index contributed by atoms with van der Waals surface area (Å²) in [4.78, 5) is 13.0. The zero-order valence-corrected chi connectivity index (χ0v) is 14.9. The van der Waals surface area contributed by atoms with Gasteiger partial charge in [0.05, 0.1) is 23.8 Å². The Morgan fingerprint density at radius 3 is 2.32 bits per heavy atom. The van der Waals surface area contributed by atoms with Gasteiger partial charge in [0.1, 0.15) is 5.82 Å². The summed E-state index contributed by atoms with van der Waals surface area (Å²) in [6.45, 7) is 1.93. The van der Waals surface area contributed by atoms with Gasteiger partial charge in [0.25, 0.3) is 0 Å². The van der Waals surface area contributed by atoms with E-state index < -0.39 is 10.0 Å². The normalized spacial score (nSPS) is 11.3. The van der Waals surface area contributed by atoms with Crippen LogP contribution >= 0.6 is 0 Å². The van der Waals surface area contributed by atoms with E-state index in [1.165, 1.54) is 0 Å². The molecule has 0 saturated carbocycles.